The van der Waals surface area contributed by atoms with Crippen molar-refractivity contribution in [3.8, 4) is 0 Å². The van der Waals surface area contributed by atoms with Crippen molar-refractivity contribution in [1.82, 2.24) is 15.5 Å². The number of amides is 1. The van der Waals surface area contributed by atoms with Crippen LogP contribution in [0.25, 0.3) is 0 Å². The van der Waals surface area contributed by atoms with E-state index in [-0.39, 0.29) is 29.9 Å². The first-order chi connectivity index (χ1) is 13.6. The Balaban J connectivity index is 0.00000420. The van der Waals surface area contributed by atoms with Gasteiger partial charge in [-0.1, -0.05) is 41.9 Å². The highest BCUT2D eigenvalue weighted by Gasteiger charge is 2.11. The third kappa shape index (κ3) is 7.85. The summed E-state index contributed by atoms with van der Waals surface area (Å²) in [4.78, 5) is 18.4. The Kier molecular flexibility index (Phi) is 11.7. The van der Waals surface area contributed by atoms with E-state index in [1.807, 2.05) is 67.3 Å². The van der Waals surface area contributed by atoms with Crippen LogP contribution in [0.4, 0.5) is 0 Å². The molecule has 0 fully saturated rings. The largest absolute Gasteiger partial charge is 0.356 e. The molecule has 2 N–H and O–H groups in total. The molecule has 0 aliphatic rings. The van der Waals surface area contributed by atoms with Crippen molar-refractivity contribution < 1.29 is 4.79 Å². The van der Waals surface area contributed by atoms with Crippen molar-refractivity contribution in [1.29, 1.82) is 0 Å². The second-order valence-corrected chi connectivity index (χ2v) is 6.78. The number of benzene rings is 2. The molecule has 0 saturated carbocycles. The Morgan fingerprint density at radius 1 is 1.03 bits per heavy atom. The van der Waals surface area contributed by atoms with Crippen LogP contribution in [0.15, 0.2) is 53.5 Å². The van der Waals surface area contributed by atoms with Crippen molar-refractivity contribution in [3.63, 3.8) is 0 Å². The third-order valence-corrected chi connectivity index (χ3v) is 4.95. The van der Waals surface area contributed by atoms with Crippen molar-refractivity contribution in [2.45, 2.75) is 26.8 Å². The Bertz CT molecular complexity index is 792. The smallest absolute Gasteiger partial charge is 0.253 e. The highest BCUT2D eigenvalue weighted by Crippen LogP contribution is 2.14. The van der Waals surface area contributed by atoms with E-state index in [0.29, 0.717) is 6.54 Å². The summed E-state index contributed by atoms with van der Waals surface area (Å²) in [5.41, 5.74) is 2.92. The molecule has 0 spiro atoms. The van der Waals surface area contributed by atoms with Gasteiger partial charge in [-0.3, -0.25) is 9.79 Å². The molecule has 2 aromatic carbocycles. The molecule has 0 bridgehead atoms. The number of carbonyl (C=O) groups excluding carboxylic acids is 1. The lowest BCUT2D eigenvalue weighted by Crippen LogP contribution is -2.37. The van der Waals surface area contributed by atoms with Crippen LogP contribution in [-0.2, 0) is 13.0 Å². The van der Waals surface area contributed by atoms with Crippen LogP contribution in [0, 0.1) is 0 Å². The Morgan fingerprint density at radius 2 is 1.69 bits per heavy atom. The molecule has 29 heavy (non-hydrogen) atoms. The first-order valence-corrected chi connectivity index (χ1v) is 10.0. The molecular weight excluding hydrogens is 499 g/mol. The van der Waals surface area contributed by atoms with E-state index in [2.05, 4.69) is 15.6 Å². The standard InChI is InChI=1S/C22H29ClN4O.HI/c1-4-27(5-2)21(28)19-12-10-17(11-13-19)16-26-22(24-3)25-15-14-18-8-6-7-9-20(18)23;/h6-13H,4-5,14-16H2,1-3H3,(H2,24,25,26);1H. The minimum absolute atomic E-state index is 0. The molecule has 1 amide bonds. The van der Waals surface area contributed by atoms with Gasteiger partial charge in [0.1, 0.15) is 0 Å². The number of carbonyl (C=O) groups is 1. The molecule has 5 nitrogen and oxygen atoms in total. The van der Waals surface area contributed by atoms with Crippen molar-refractivity contribution in [2.24, 2.45) is 4.99 Å². The molecule has 158 valence electrons. The first kappa shape index (κ1) is 25.2. The predicted octanol–water partition coefficient (Wildman–Crippen LogP) is 4.35. The number of aliphatic imine (C=N–C) groups is 1. The van der Waals surface area contributed by atoms with Crippen LogP contribution >= 0.6 is 35.6 Å². The summed E-state index contributed by atoms with van der Waals surface area (Å²) in [6, 6.07) is 15.6. The number of halogens is 2. The molecular formula is C22H30ClIN4O. The van der Waals surface area contributed by atoms with Crippen LogP contribution in [0.3, 0.4) is 0 Å². The van der Waals surface area contributed by atoms with Gasteiger partial charge in [-0.15, -0.1) is 24.0 Å². The average Bonchev–Trinajstić information content (AvgIpc) is 2.73. The van der Waals surface area contributed by atoms with Crippen LogP contribution < -0.4 is 10.6 Å². The monoisotopic (exact) mass is 528 g/mol. The van der Waals surface area contributed by atoms with Gasteiger partial charge < -0.3 is 15.5 Å². The number of hydrogen-bond donors (Lipinski definition) is 2. The zero-order chi connectivity index (χ0) is 20.4. The van der Waals surface area contributed by atoms with E-state index in [0.717, 1.165) is 53.7 Å². The lowest BCUT2D eigenvalue weighted by atomic mass is 10.1. The summed E-state index contributed by atoms with van der Waals surface area (Å²) < 4.78 is 0. The summed E-state index contributed by atoms with van der Waals surface area (Å²) >= 11 is 6.19. The molecule has 2 rings (SSSR count). The van der Waals surface area contributed by atoms with Gasteiger partial charge in [0, 0.05) is 43.8 Å². The van der Waals surface area contributed by atoms with Crippen molar-refractivity contribution >= 4 is 47.4 Å². The minimum atomic E-state index is 0. The van der Waals surface area contributed by atoms with Gasteiger partial charge in [0.05, 0.1) is 0 Å². The quantitative estimate of drug-likeness (QED) is 0.304. The number of nitrogens with one attached hydrogen (secondary N) is 2. The Hall–Kier alpha value is -1.80. The maximum absolute atomic E-state index is 12.4. The fourth-order valence-electron chi connectivity index (χ4n) is 2.88. The highest BCUT2D eigenvalue weighted by molar-refractivity contribution is 14.0. The number of hydrogen-bond acceptors (Lipinski definition) is 2. The third-order valence-electron chi connectivity index (χ3n) is 4.58. The van der Waals surface area contributed by atoms with Gasteiger partial charge in [-0.25, -0.2) is 0 Å². The second kappa shape index (κ2) is 13.4. The van der Waals surface area contributed by atoms with Gasteiger partial charge in [0.2, 0.25) is 0 Å². The molecule has 7 heteroatoms. The van der Waals surface area contributed by atoms with E-state index in [1.165, 1.54) is 0 Å². The van der Waals surface area contributed by atoms with E-state index < -0.39 is 0 Å². The van der Waals surface area contributed by atoms with Gasteiger partial charge in [0.25, 0.3) is 5.91 Å². The SMILES string of the molecule is CCN(CC)C(=O)c1ccc(CNC(=NC)NCCc2ccccc2Cl)cc1.I. The van der Waals surface area contributed by atoms with Crippen LogP contribution in [0.2, 0.25) is 5.02 Å². The minimum Gasteiger partial charge on any atom is -0.356 e. The highest BCUT2D eigenvalue weighted by atomic mass is 127. The summed E-state index contributed by atoms with van der Waals surface area (Å²) in [6.45, 7) is 6.78. The molecule has 0 heterocycles. The molecule has 0 unspecified atom stereocenters. The summed E-state index contributed by atoms with van der Waals surface area (Å²) in [7, 11) is 1.75. The van der Waals surface area contributed by atoms with Gasteiger partial charge in [-0.2, -0.15) is 0 Å². The molecule has 0 radical (unpaired) electrons. The fraction of sp³-hybridized carbons (Fsp3) is 0.364. The van der Waals surface area contributed by atoms with E-state index in [9.17, 15) is 4.79 Å². The zero-order valence-corrected chi connectivity index (χ0v) is 20.3. The first-order valence-electron chi connectivity index (χ1n) is 9.65. The van der Waals surface area contributed by atoms with Gasteiger partial charge >= 0.3 is 0 Å². The van der Waals surface area contributed by atoms with Gasteiger partial charge in [-0.05, 0) is 49.6 Å². The molecule has 0 aliphatic heterocycles. The lowest BCUT2D eigenvalue weighted by molar-refractivity contribution is 0.0773. The second-order valence-electron chi connectivity index (χ2n) is 6.37. The Morgan fingerprint density at radius 3 is 2.28 bits per heavy atom. The van der Waals surface area contributed by atoms with E-state index in [1.54, 1.807) is 7.05 Å². The average molecular weight is 529 g/mol. The zero-order valence-electron chi connectivity index (χ0n) is 17.2. The summed E-state index contributed by atoms with van der Waals surface area (Å²) in [6.07, 6.45) is 0.822. The Labute approximate surface area is 196 Å². The normalized spacial score (nSPS) is 10.8. The molecule has 2 aromatic rings. The van der Waals surface area contributed by atoms with Crippen LogP contribution in [0.1, 0.15) is 35.3 Å². The van der Waals surface area contributed by atoms with E-state index >= 15 is 0 Å². The lowest BCUT2D eigenvalue weighted by Gasteiger charge is -2.18. The van der Waals surface area contributed by atoms with Crippen LogP contribution in [-0.4, -0.2) is 43.4 Å². The molecule has 0 aromatic heterocycles. The maximum Gasteiger partial charge on any atom is 0.253 e. The number of rotatable bonds is 8. The molecule has 0 saturated heterocycles. The fourth-order valence-corrected chi connectivity index (χ4v) is 3.11. The summed E-state index contributed by atoms with van der Waals surface area (Å²) in [5, 5.41) is 7.37. The number of nitrogens with zero attached hydrogens (tertiary/aromatic N) is 2. The summed E-state index contributed by atoms with van der Waals surface area (Å²) in [5.74, 6) is 0.803. The van der Waals surface area contributed by atoms with E-state index in [4.69, 9.17) is 11.6 Å². The van der Waals surface area contributed by atoms with Crippen molar-refractivity contribution in [3.05, 3.63) is 70.2 Å². The molecule has 0 aliphatic carbocycles. The molecule has 0 atom stereocenters. The van der Waals surface area contributed by atoms with Crippen LogP contribution in [0.5, 0.6) is 0 Å². The topological polar surface area (TPSA) is 56.7 Å². The predicted molar refractivity (Wildman–Crippen MR) is 132 cm³/mol. The maximum atomic E-state index is 12.4. The van der Waals surface area contributed by atoms with Gasteiger partial charge in [0.15, 0.2) is 5.96 Å². The number of guanidine groups is 1. The van der Waals surface area contributed by atoms with Crippen molar-refractivity contribution in [2.75, 3.05) is 26.7 Å².